The van der Waals surface area contributed by atoms with E-state index in [-0.39, 0.29) is 82.9 Å². The number of hydrogen-bond donors (Lipinski definition) is 22. The van der Waals surface area contributed by atoms with Crippen molar-refractivity contribution < 1.29 is 107 Å². The quantitative estimate of drug-likeness (QED) is 0.0153. The van der Waals surface area contributed by atoms with Gasteiger partial charge in [-0.2, -0.15) is 0 Å². The van der Waals surface area contributed by atoms with Crippen LogP contribution in [0.15, 0.2) is 4.99 Å². The average molecular weight is 1400 g/mol. The van der Waals surface area contributed by atoms with Crippen molar-refractivity contribution in [3.8, 4) is 0 Å². The second-order valence-corrected chi connectivity index (χ2v) is 24.2. The standard InChI is InChI=1S/C59H103N17O22/c1-8-30(6)46(76-53(92)34(15-10-12-22-61)68-49(88)33(14-9-11-21-60)69-55(94)40(27-77)74-48(87)32(62)25-43(82)83)57(96)71-35(16-13-23-65-59(63)64)50(89)70-37(18-20-42(80)81)51(90)72-38(24-28(2)3)54(93)75-45(29(4)5)56(95)66-31(7)47(86)67-36(17-19-41(78)79)52(91)73-39(58(97)98)26-44(84)85/h28-40,45-46,77H,8-27,60-62H2,1-7H3,(H,66,95)(H,67,86)(H,68,88)(H,69,94)(H,70,89)(H,71,96)(H,72,90)(H,73,91)(H,74,87)(H,75,93)(H,76,92)(H,78,79)(H,80,81)(H,82,83)(H,84,85)(H,97,98)(H4,63,64,65)/t30-,31-,32-,33-,34-,35-,36-,37-,38-,39-,40-,45-,46-/m0/s1. The molecular formula is C59H103N17O22. The summed E-state index contributed by atoms with van der Waals surface area (Å²) < 4.78 is 0. The molecule has 39 heteroatoms. The number of carboxylic acids is 5. The SMILES string of the molecule is CC[C@H](C)[C@H](NC(=O)[C@H](CCCCN)NC(=O)[C@H](CCCCN)NC(=O)[C@H](CO)NC(=O)[C@@H](N)CC(=O)O)C(=O)N[C@@H](CCCN=C(N)N)C(=O)N[C@@H](CCC(=O)O)C(=O)N[C@@H](CC(C)C)C(=O)N[C@H](C(=O)N[C@@H](C)C(=O)N[C@@H](CCC(=O)O)C(=O)N[C@@H](CC(=O)O)C(=O)O)C(C)C. The summed E-state index contributed by atoms with van der Waals surface area (Å²) in [5.41, 5.74) is 28.1. The second-order valence-electron chi connectivity index (χ2n) is 24.2. The lowest BCUT2D eigenvalue weighted by molar-refractivity contribution is -0.147. The summed E-state index contributed by atoms with van der Waals surface area (Å²) in [6.07, 6.45) is -3.62. The molecule has 0 spiro atoms. The minimum Gasteiger partial charge on any atom is -0.481 e. The summed E-state index contributed by atoms with van der Waals surface area (Å²) in [6.45, 7) is 10.0. The molecule has 0 aromatic carbocycles. The molecule has 0 aromatic heterocycles. The molecule has 556 valence electrons. The van der Waals surface area contributed by atoms with Gasteiger partial charge in [-0.3, -0.25) is 76.9 Å². The number of unbranched alkanes of at least 4 members (excludes halogenated alkanes) is 2. The molecule has 0 radical (unpaired) electrons. The molecular weight excluding hydrogens is 1300 g/mol. The summed E-state index contributed by atoms with van der Waals surface area (Å²) in [5, 5.41) is 83.0. The van der Waals surface area contributed by atoms with Crippen LogP contribution in [0.5, 0.6) is 0 Å². The minimum atomic E-state index is -1.97. The highest BCUT2D eigenvalue weighted by Gasteiger charge is 2.38. The number of carboxylic acid groups (broad SMARTS) is 5. The Labute approximate surface area is 566 Å². The van der Waals surface area contributed by atoms with Crippen molar-refractivity contribution in [3.05, 3.63) is 0 Å². The van der Waals surface area contributed by atoms with E-state index in [9.17, 15) is 97.1 Å². The van der Waals surface area contributed by atoms with E-state index in [1.165, 1.54) is 13.8 Å². The van der Waals surface area contributed by atoms with Gasteiger partial charge in [-0.15, -0.1) is 0 Å². The van der Waals surface area contributed by atoms with E-state index >= 15 is 0 Å². The van der Waals surface area contributed by atoms with E-state index in [4.69, 9.17) is 38.9 Å². The minimum absolute atomic E-state index is 0.00909. The van der Waals surface area contributed by atoms with Crippen molar-refractivity contribution in [2.75, 3.05) is 26.2 Å². The van der Waals surface area contributed by atoms with E-state index in [0.717, 1.165) is 6.92 Å². The molecule has 0 bridgehead atoms. The number of nitrogens with zero attached hydrogens (tertiary/aromatic N) is 1. The number of nitrogens with two attached hydrogens (primary N) is 5. The first-order valence-corrected chi connectivity index (χ1v) is 32.1. The molecule has 0 saturated carbocycles. The Morgan fingerprint density at radius 1 is 0.398 bits per heavy atom. The average Bonchev–Trinajstić information content (AvgIpc) is 0.866. The maximum Gasteiger partial charge on any atom is 0.326 e. The maximum atomic E-state index is 14.6. The highest BCUT2D eigenvalue weighted by atomic mass is 16.4. The molecule has 0 heterocycles. The van der Waals surface area contributed by atoms with E-state index in [1.54, 1.807) is 27.7 Å². The molecule has 0 unspecified atom stereocenters. The Morgan fingerprint density at radius 3 is 1.16 bits per heavy atom. The number of carbonyl (C=O) groups excluding carboxylic acids is 11. The lowest BCUT2D eigenvalue weighted by Crippen LogP contribution is -2.61. The predicted molar refractivity (Wildman–Crippen MR) is 347 cm³/mol. The molecule has 11 amide bonds. The normalized spacial score (nSPS) is 15.1. The van der Waals surface area contributed by atoms with Gasteiger partial charge in [-0.25, -0.2) is 4.79 Å². The van der Waals surface area contributed by atoms with Crippen LogP contribution in [-0.2, 0) is 76.7 Å². The van der Waals surface area contributed by atoms with Gasteiger partial charge in [0.25, 0.3) is 0 Å². The molecule has 98 heavy (non-hydrogen) atoms. The molecule has 0 rings (SSSR count). The van der Waals surface area contributed by atoms with Crippen LogP contribution in [0.3, 0.4) is 0 Å². The van der Waals surface area contributed by atoms with Crippen LogP contribution >= 0.6 is 0 Å². The monoisotopic (exact) mass is 1400 g/mol. The lowest BCUT2D eigenvalue weighted by Gasteiger charge is -2.30. The van der Waals surface area contributed by atoms with Gasteiger partial charge >= 0.3 is 29.8 Å². The number of aliphatic carboxylic acids is 5. The van der Waals surface area contributed by atoms with Crippen LogP contribution in [-0.4, -0.2) is 230 Å². The van der Waals surface area contributed by atoms with Gasteiger partial charge in [0.05, 0.1) is 25.5 Å². The second kappa shape index (κ2) is 46.7. The molecule has 0 aromatic rings. The Balaban J connectivity index is 7.11. The molecule has 0 aliphatic carbocycles. The number of aliphatic hydroxyl groups excluding tert-OH is 1. The van der Waals surface area contributed by atoms with E-state index in [2.05, 4.69) is 58.2 Å². The number of hydrogen-bond acceptors (Lipinski definition) is 21. The highest BCUT2D eigenvalue weighted by molar-refractivity contribution is 6.00. The van der Waals surface area contributed by atoms with Crippen molar-refractivity contribution >= 4 is 101 Å². The summed E-state index contributed by atoms with van der Waals surface area (Å²) in [4.78, 5) is 214. The third-order valence-corrected chi connectivity index (χ3v) is 15.0. The third-order valence-electron chi connectivity index (χ3n) is 15.0. The zero-order valence-electron chi connectivity index (χ0n) is 56.4. The van der Waals surface area contributed by atoms with Gasteiger partial charge in [0.2, 0.25) is 65.0 Å². The van der Waals surface area contributed by atoms with Crippen molar-refractivity contribution in [1.29, 1.82) is 0 Å². The Kier molecular flexibility index (Phi) is 42.3. The summed E-state index contributed by atoms with van der Waals surface area (Å²) in [6, 6.07) is -19.2. The van der Waals surface area contributed by atoms with Crippen LogP contribution in [0.2, 0.25) is 0 Å². The highest BCUT2D eigenvalue weighted by Crippen LogP contribution is 2.15. The fourth-order valence-corrected chi connectivity index (χ4v) is 9.23. The first-order valence-electron chi connectivity index (χ1n) is 32.1. The van der Waals surface area contributed by atoms with Gasteiger partial charge in [0.1, 0.15) is 66.5 Å². The molecule has 27 N–H and O–H groups in total. The zero-order valence-corrected chi connectivity index (χ0v) is 56.4. The molecule has 0 aliphatic rings. The van der Waals surface area contributed by atoms with Crippen LogP contribution in [0.1, 0.15) is 151 Å². The van der Waals surface area contributed by atoms with Crippen LogP contribution in [0, 0.1) is 17.8 Å². The number of aliphatic imine (C=N–C) groups is 1. The maximum absolute atomic E-state index is 14.6. The van der Waals surface area contributed by atoms with Crippen LogP contribution in [0.25, 0.3) is 0 Å². The Morgan fingerprint density at radius 2 is 0.765 bits per heavy atom. The first-order chi connectivity index (χ1) is 45.8. The molecule has 0 fully saturated rings. The number of amides is 11. The number of nitrogens with one attached hydrogen (secondary N) is 11. The van der Waals surface area contributed by atoms with E-state index < -0.39 is 224 Å². The smallest absolute Gasteiger partial charge is 0.326 e. The number of aliphatic hydroxyl groups is 1. The third kappa shape index (κ3) is 35.6. The number of guanidine groups is 1. The van der Waals surface area contributed by atoms with Crippen molar-refractivity contribution in [2.24, 2.45) is 51.4 Å². The van der Waals surface area contributed by atoms with Gasteiger partial charge in [-0.05, 0) is 108 Å². The van der Waals surface area contributed by atoms with Crippen molar-refractivity contribution in [2.45, 2.75) is 224 Å². The van der Waals surface area contributed by atoms with E-state index in [0.29, 0.717) is 12.8 Å². The van der Waals surface area contributed by atoms with Gasteiger partial charge in [0, 0.05) is 19.4 Å². The lowest BCUT2D eigenvalue weighted by atomic mass is 9.96. The van der Waals surface area contributed by atoms with Gasteiger partial charge < -0.3 is 118 Å². The zero-order chi connectivity index (χ0) is 75.1. The van der Waals surface area contributed by atoms with Crippen LogP contribution < -0.4 is 87.2 Å². The Bertz CT molecular complexity index is 2750. The summed E-state index contributed by atoms with van der Waals surface area (Å²) in [7, 11) is 0. The number of rotatable bonds is 51. The molecule has 13 atom stereocenters. The first kappa shape index (κ1) is 88.6. The summed E-state index contributed by atoms with van der Waals surface area (Å²) in [5.74, 6) is -21.2. The predicted octanol–water partition coefficient (Wildman–Crippen LogP) is -6.52. The van der Waals surface area contributed by atoms with Gasteiger partial charge in [-0.1, -0.05) is 48.0 Å². The Hall–Kier alpha value is -9.37. The van der Waals surface area contributed by atoms with E-state index in [1.807, 2.05) is 5.32 Å². The van der Waals surface area contributed by atoms with Gasteiger partial charge in [0.15, 0.2) is 5.96 Å². The molecule has 39 nitrogen and oxygen atoms in total. The molecule has 0 saturated heterocycles. The fraction of sp³-hybridized carbons (Fsp3) is 0.712. The summed E-state index contributed by atoms with van der Waals surface area (Å²) >= 11 is 0. The van der Waals surface area contributed by atoms with Crippen LogP contribution in [0.4, 0.5) is 0 Å². The molecule has 0 aliphatic heterocycles. The largest absolute Gasteiger partial charge is 0.481 e. The topological polar surface area (TPSA) is 669 Å². The number of carbonyl (C=O) groups is 16. The van der Waals surface area contributed by atoms with Crippen molar-refractivity contribution in [3.63, 3.8) is 0 Å². The van der Waals surface area contributed by atoms with Crippen molar-refractivity contribution in [1.82, 2.24) is 58.5 Å². The fourth-order valence-electron chi connectivity index (χ4n) is 9.23.